The van der Waals surface area contributed by atoms with E-state index < -0.39 is 0 Å². The molecule has 14 heavy (non-hydrogen) atoms. The van der Waals surface area contributed by atoms with Crippen LogP contribution in [0.3, 0.4) is 0 Å². The standard InChI is InChI=1S/C11H22N2O/c1-14-11-6-4-5-10(9-11)13-8-3-2-7-12-13/h10-12H,2-9H2,1H3. The maximum absolute atomic E-state index is 5.46. The molecular formula is C11H22N2O. The van der Waals surface area contributed by atoms with Crippen LogP contribution in [0.15, 0.2) is 0 Å². The van der Waals surface area contributed by atoms with Gasteiger partial charge < -0.3 is 4.74 Å². The molecule has 82 valence electrons. The van der Waals surface area contributed by atoms with Gasteiger partial charge in [-0.05, 0) is 38.5 Å². The molecule has 0 aromatic rings. The van der Waals surface area contributed by atoms with Crippen molar-refractivity contribution in [3.8, 4) is 0 Å². The lowest BCUT2D eigenvalue weighted by Gasteiger charge is -2.39. The molecule has 2 fully saturated rings. The SMILES string of the molecule is COC1CCCC(N2CCCCN2)C1. The summed E-state index contributed by atoms with van der Waals surface area (Å²) >= 11 is 0. The first kappa shape index (κ1) is 10.4. The van der Waals surface area contributed by atoms with Crippen molar-refractivity contribution in [2.45, 2.75) is 50.7 Å². The molecule has 3 nitrogen and oxygen atoms in total. The van der Waals surface area contributed by atoms with Crippen molar-refractivity contribution in [1.82, 2.24) is 10.4 Å². The molecule has 1 heterocycles. The number of nitrogens with one attached hydrogen (secondary N) is 1. The highest BCUT2D eigenvalue weighted by molar-refractivity contribution is 4.80. The van der Waals surface area contributed by atoms with E-state index in [2.05, 4.69) is 10.4 Å². The Morgan fingerprint density at radius 1 is 1.21 bits per heavy atom. The van der Waals surface area contributed by atoms with E-state index in [-0.39, 0.29) is 0 Å². The average Bonchev–Trinajstić information content (AvgIpc) is 2.30. The van der Waals surface area contributed by atoms with Gasteiger partial charge in [0, 0.05) is 26.2 Å². The summed E-state index contributed by atoms with van der Waals surface area (Å²) in [7, 11) is 1.84. The van der Waals surface area contributed by atoms with Crippen molar-refractivity contribution < 1.29 is 4.74 Å². The molecule has 2 rings (SSSR count). The van der Waals surface area contributed by atoms with E-state index in [4.69, 9.17) is 4.74 Å². The molecule has 0 bridgehead atoms. The zero-order valence-electron chi connectivity index (χ0n) is 9.17. The molecule has 0 aromatic heterocycles. The Morgan fingerprint density at radius 2 is 2.14 bits per heavy atom. The monoisotopic (exact) mass is 198 g/mol. The van der Waals surface area contributed by atoms with Crippen LogP contribution in [0, 0.1) is 0 Å². The summed E-state index contributed by atoms with van der Waals surface area (Å²) < 4.78 is 5.46. The van der Waals surface area contributed by atoms with Crippen LogP contribution in [0.25, 0.3) is 0 Å². The predicted molar refractivity (Wildman–Crippen MR) is 57.0 cm³/mol. The Bertz CT molecular complexity index is 169. The number of rotatable bonds is 2. The van der Waals surface area contributed by atoms with Gasteiger partial charge in [-0.25, -0.2) is 5.01 Å². The van der Waals surface area contributed by atoms with Crippen LogP contribution >= 0.6 is 0 Å². The lowest BCUT2D eigenvalue weighted by atomic mass is 9.92. The highest BCUT2D eigenvalue weighted by Crippen LogP contribution is 2.24. The molecular weight excluding hydrogens is 176 g/mol. The third-order valence-electron chi connectivity index (χ3n) is 3.51. The molecule has 1 saturated heterocycles. The first-order valence-corrected chi connectivity index (χ1v) is 5.93. The van der Waals surface area contributed by atoms with Crippen LogP contribution in [-0.2, 0) is 4.74 Å². The van der Waals surface area contributed by atoms with E-state index in [1.165, 1.54) is 45.1 Å². The summed E-state index contributed by atoms with van der Waals surface area (Å²) in [6, 6.07) is 0.717. The molecule has 1 aliphatic carbocycles. The van der Waals surface area contributed by atoms with E-state index in [1.54, 1.807) is 0 Å². The van der Waals surface area contributed by atoms with Gasteiger partial charge in [0.25, 0.3) is 0 Å². The van der Waals surface area contributed by atoms with Gasteiger partial charge in [-0.1, -0.05) is 0 Å². The molecule has 2 unspecified atom stereocenters. The molecule has 0 spiro atoms. The molecule has 1 saturated carbocycles. The first-order chi connectivity index (χ1) is 6.90. The Kier molecular flexibility index (Phi) is 3.79. The fraction of sp³-hybridized carbons (Fsp3) is 1.00. The first-order valence-electron chi connectivity index (χ1n) is 5.93. The van der Waals surface area contributed by atoms with Gasteiger partial charge in [-0.3, -0.25) is 5.43 Å². The summed E-state index contributed by atoms with van der Waals surface area (Å²) in [5.41, 5.74) is 3.51. The smallest absolute Gasteiger partial charge is 0.0586 e. The van der Waals surface area contributed by atoms with E-state index in [0.29, 0.717) is 12.1 Å². The predicted octanol–water partition coefficient (Wildman–Crippen LogP) is 1.54. The second-order valence-electron chi connectivity index (χ2n) is 4.49. The number of hydrogen-bond donors (Lipinski definition) is 1. The van der Waals surface area contributed by atoms with Gasteiger partial charge >= 0.3 is 0 Å². The van der Waals surface area contributed by atoms with E-state index in [9.17, 15) is 0 Å². The zero-order chi connectivity index (χ0) is 9.80. The molecule has 2 aliphatic rings. The highest BCUT2D eigenvalue weighted by Gasteiger charge is 2.27. The van der Waals surface area contributed by atoms with Crippen molar-refractivity contribution in [2.24, 2.45) is 0 Å². The van der Waals surface area contributed by atoms with Crippen molar-refractivity contribution in [1.29, 1.82) is 0 Å². The second kappa shape index (κ2) is 5.10. The third-order valence-corrected chi connectivity index (χ3v) is 3.51. The Hall–Kier alpha value is -0.120. The maximum Gasteiger partial charge on any atom is 0.0586 e. The molecule has 2 atom stereocenters. The number of hydrazine groups is 1. The van der Waals surface area contributed by atoms with E-state index in [0.717, 1.165) is 6.54 Å². The Balaban J connectivity index is 1.83. The fourth-order valence-electron chi connectivity index (χ4n) is 2.64. The van der Waals surface area contributed by atoms with Crippen LogP contribution in [0.1, 0.15) is 38.5 Å². The van der Waals surface area contributed by atoms with Gasteiger partial charge in [-0.15, -0.1) is 0 Å². The maximum atomic E-state index is 5.46. The quantitative estimate of drug-likeness (QED) is 0.728. The van der Waals surface area contributed by atoms with Crippen LogP contribution in [0.2, 0.25) is 0 Å². The minimum atomic E-state index is 0.498. The normalized spacial score (nSPS) is 35.8. The highest BCUT2D eigenvalue weighted by atomic mass is 16.5. The van der Waals surface area contributed by atoms with Gasteiger partial charge in [-0.2, -0.15) is 0 Å². The lowest BCUT2D eigenvalue weighted by molar-refractivity contribution is 0.00242. The average molecular weight is 198 g/mol. The van der Waals surface area contributed by atoms with Crippen molar-refractivity contribution >= 4 is 0 Å². The Morgan fingerprint density at radius 3 is 2.86 bits per heavy atom. The van der Waals surface area contributed by atoms with Gasteiger partial charge in [0.05, 0.1) is 6.10 Å². The van der Waals surface area contributed by atoms with Gasteiger partial charge in [0.15, 0.2) is 0 Å². The molecule has 0 aromatic carbocycles. The Labute approximate surface area is 86.8 Å². The molecule has 0 amide bonds. The van der Waals surface area contributed by atoms with Crippen LogP contribution < -0.4 is 5.43 Å². The van der Waals surface area contributed by atoms with Crippen LogP contribution in [0.5, 0.6) is 0 Å². The summed E-state index contributed by atoms with van der Waals surface area (Å²) in [6.07, 6.45) is 8.30. The summed E-state index contributed by atoms with van der Waals surface area (Å²) in [5, 5.41) is 2.45. The molecule has 1 N–H and O–H groups in total. The summed E-state index contributed by atoms with van der Waals surface area (Å²) in [5.74, 6) is 0. The second-order valence-corrected chi connectivity index (χ2v) is 4.49. The van der Waals surface area contributed by atoms with Gasteiger partial charge in [0.1, 0.15) is 0 Å². The van der Waals surface area contributed by atoms with Crippen molar-refractivity contribution in [3.63, 3.8) is 0 Å². The van der Waals surface area contributed by atoms with Gasteiger partial charge in [0.2, 0.25) is 0 Å². The third kappa shape index (κ3) is 2.47. The van der Waals surface area contributed by atoms with Crippen LogP contribution in [-0.4, -0.2) is 37.4 Å². The minimum absolute atomic E-state index is 0.498. The van der Waals surface area contributed by atoms with E-state index in [1.807, 2.05) is 7.11 Å². The largest absolute Gasteiger partial charge is 0.381 e. The zero-order valence-corrected chi connectivity index (χ0v) is 9.17. The topological polar surface area (TPSA) is 24.5 Å². The number of ether oxygens (including phenoxy) is 1. The number of hydrogen-bond acceptors (Lipinski definition) is 3. The van der Waals surface area contributed by atoms with E-state index >= 15 is 0 Å². The minimum Gasteiger partial charge on any atom is -0.381 e. The number of methoxy groups -OCH3 is 1. The molecule has 0 radical (unpaired) electrons. The number of nitrogens with zero attached hydrogens (tertiary/aromatic N) is 1. The summed E-state index contributed by atoms with van der Waals surface area (Å²) in [4.78, 5) is 0. The van der Waals surface area contributed by atoms with Crippen molar-refractivity contribution in [2.75, 3.05) is 20.2 Å². The van der Waals surface area contributed by atoms with Crippen LogP contribution in [0.4, 0.5) is 0 Å². The van der Waals surface area contributed by atoms with Crippen molar-refractivity contribution in [3.05, 3.63) is 0 Å². The fourth-order valence-corrected chi connectivity index (χ4v) is 2.64. The summed E-state index contributed by atoms with van der Waals surface area (Å²) in [6.45, 7) is 2.38. The molecule has 1 aliphatic heterocycles. The molecule has 3 heteroatoms. The lowest BCUT2D eigenvalue weighted by Crippen LogP contribution is -2.51.